The van der Waals surface area contributed by atoms with Crippen LogP contribution in [0.5, 0.6) is 0 Å². The number of alkyl halides is 3. The maximum absolute atomic E-state index is 12.3. The van der Waals surface area contributed by atoms with Gasteiger partial charge in [-0.2, -0.15) is 18.3 Å². The summed E-state index contributed by atoms with van der Waals surface area (Å²) in [5.41, 5.74) is -0.124. The van der Waals surface area contributed by atoms with Gasteiger partial charge in [-0.15, -0.1) is 0 Å². The smallest absolute Gasteiger partial charge is 0.368 e. The second-order valence-electron chi connectivity index (χ2n) is 5.10. The summed E-state index contributed by atoms with van der Waals surface area (Å²) in [7, 11) is 0. The molecule has 1 spiro atoms. The van der Waals surface area contributed by atoms with Crippen LogP contribution in [-0.4, -0.2) is 47.0 Å². The van der Waals surface area contributed by atoms with Crippen LogP contribution in [0.1, 0.15) is 12.8 Å². The lowest BCUT2D eigenvalue weighted by Crippen LogP contribution is -2.49. The normalized spacial score (nSPS) is 23.1. The molecule has 1 aromatic rings. The van der Waals surface area contributed by atoms with E-state index >= 15 is 0 Å². The van der Waals surface area contributed by atoms with Crippen LogP contribution in [-0.2, 0) is 5.54 Å². The van der Waals surface area contributed by atoms with Crippen molar-refractivity contribution in [3.05, 3.63) is 12.3 Å². The lowest BCUT2D eigenvalue weighted by atomic mass is 9.88. The third kappa shape index (κ3) is 1.96. The summed E-state index contributed by atoms with van der Waals surface area (Å²) in [4.78, 5) is 1.48. The van der Waals surface area contributed by atoms with Crippen LogP contribution in [0.2, 0.25) is 0 Å². The van der Waals surface area contributed by atoms with E-state index in [0.29, 0.717) is 25.9 Å². The van der Waals surface area contributed by atoms with Crippen LogP contribution >= 0.6 is 0 Å². The Kier molecular flexibility index (Phi) is 2.55. The van der Waals surface area contributed by atoms with Crippen LogP contribution in [0.15, 0.2) is 12.3 Å². The van der Waals surface area contributed by atoms with Crippen molar-refractivity contribution < 1.29 is 13.2 Å². The van der Waals surface area contributed by atoms with Crippen molar-refractivity contribution in [3.8, 4) is 0 Å². The van der Waals surface area contributed by atoms with Crippen LogP contribution in [0.3, 0.4) is 0 Å². The summed E-state index contributed by atoms with van der Waals surface area (Å²) in [6.07, 6.45) is -0.948. The molecule has 18 heavy (non-hydrogen) atoms. The van der Waals surface area contributed by atoms with E-state index in [-0.39, 0.29) is 5.54 Å². The van der Waals surface area contributed by atoms with Crippen molar-refractivity contribution in [1.29, 1.82) is 0 Å². The molecule has 4 nitrogen and oxygen atoms in total. The zero-order chi connectivity index (χ0) is 12.8. The van der Waals surface area contributed by atoms with Crippen molar-refractivity contribution in [2.24, 2.45) is 0 Å². The Morgan fingerprint density at radius 2 is 2.06 bits per heavy atom. The minimum Gasteiger partial charge on any atom is -0.368 e. The first-order chi connectivity index (χ1) is 8.49. The van der Waals surface area contributed by atoms with Gasteiger partial charge in [0, 0.05) is 25.7 Å². The molecule has 1 fully saturated rings. The molecule has 0 saturated carbocycles. The Balaban J connectivity index is 1.68. The largest absolute Gasteiger partial charge is 0.401 e. The van der Waals surface area contributed by atoms with Crippen molar-refractivity contribution in [1.82, 2.24) is 14.7 Å². The molecule has 0 aliphatic carbocycles. The van der Waals surface area contributed by atoms with Gasteiger partial charge in [0.05, 0.1) is 18.3 Å². The van der Waals surface area contributed by atoms with Gasteiger partial charge >= 0.3 is 6.18 Å². The molecule has 0 bridgehead atoms. The molecule has 0 aromatic carbocycles. The average molecular weight is 260 g/mol. The molecule has 3 rings (SSSR count). The van der Waals surface area contributed by atoms with E-state index in [4.69, 9.17) is 0 Å². The van der Waals surface area contributed by atoms with Gasteiger partial charge in [0.1, 0.15) is 5.82 Å². The number of hydrogen-bond acceptors (Lipinski definition) is 3. The fraction of sp³-hybridized carbons (Fsp3) is 0.727. The lowest BCUT2D eigenvalue weighted by Gasteiger charge is -2.39. The van der Waals surface area contributed by atoms with E-state index in [1.807, 2.05) is 10.7 Å². The number of nitrogens with zero attached hydrogens (tertiary/aromatic N) is 3. The third-order valence-electron chi connectivity index (χ3n) is 3.88. The first-order valence-electron chi connectivity index (χ1n) is 6.06. The fourth-order valence-electron chi connectivity index (χ4n) is 2.91. The lowest BCUT2D eigenvalue weighted by molar-refractivity contribution is -0.150. The third-order valence-corrected chi connectivity index (χ3v) is 3.88. The standard InChI is InChI=1S/C11H15F3N4/c12-11(13,14)8-17-5-2-10(3-6-17)7-15-9-1-4-16-18(9)10/h1,4,15H,2-3,5-8H2. The molecule has 2 aliphatic heterocycles. The molecule has 100 valence electrons. The highest BCUT2D eigenvalue weighted by Crippen LogP contribution is 2.37. The first-order valence-corrected chi connectivity index (χ1v) is 6.06. The molecule has 1 saturated heterocycles. The second kappa shape index (κ2) is 3.88. The highest BCUT2D eigenvalue weighted by molar-refractivity contribution is 5.40. The van der Waals surface area contributed by atoms with Crippen LogP contribution in [0, 0.1) is 0 Å². The molecule has 2 aliphatic rings. The van der Waals surface area contributed by atoms with Crippen molar-refractivity contribution in [3.63, 3.8) is 0 Å². The molecule has 0 amide bonds. The summed E-state index contributed by atoms with van der Waals surface area (Å²) in [5.74, 6) is 0.972. The Morgan fingerprint density at radius 3 is 2.72 bits per heavy atom. The maximum Gasteiger partial charge on any atom is 0.401 e. The van der Waals surface area contributed by atoms with E-state index in [2.05, 4.69) is 10.4 Å². The molecule has 3 heterocycles. The van der Waals surface area contributed by atoms with E-state index in [0.717, 1.165) is 12.4 Å². The summed E-state index contributed by atoms with van der Waals surface area (Å²) in [6, 6.07) is 1.90. The number of fused-ring (bicyclic) bond motifs is 2. The van der Waals surface area contributed by atoms with Gasteiger partial charge in [-0.1, -0.05) is 0 Å². The molecule has 1 aromatic heterocycles. The van der Waals surface area contributed by atoms with E-state index in [1.54, 1.807) is 6.20 Å². The SMILES string of the molecule is FC(F)(F)CN1CCC2(CC1)CNc1ccnn12. The fourth-order valence-corrected chi connectivity index (χ4v) is 2.91. The first kappa shape index (κ1) is 11.8. The number of likely N-dealkylation sites (tertiary alicyclic amines) is 1. The number of rotatable bonds is 1. The van der Waals surface area contributed by atoms with Crippen LogP contribution in [0.4, 0.5) is 19.0 Å². The monoisotopic (exact) mass is 260 g/mol. The van der Waals surface area contributed by atoms with Gasteiger partial charge in [0.25, 0.3) is 0 Å². The average Bonchev–Trinajstić information content (AvgIpc) is 2.85. The van der Waals surface area contributed by atoms with E-state index < -0.39 is 12.7 Å². The summed E-state index contributed by atoms with van der Waals surface area (Å²) in [6.45, 7) is 0.916. The van der Waals surface area contributed by atoms with Crippen molar-refractivity contribution in [2.45, 2.75) is 24.6 Å². The molecule has 0 unspecified atom stereocenters. The molecule has 7 heteroatoms. The second-order valence-corrected chi connectivity index (χ2v) is 5.10. The number of piperidine rings is 1. The summed E-state index contributed by atoms with van der Waals surface area (Å²) >= 11 is 0. The number of halogens is 3. The topological polar surface area (TPSA) is 33.1 Å². The van der Waals surface area contributed by atoms with Crippen molar-refractivity contribution >= 4 is 5.82 Å². The zero-order valence-electron chi connectivity index (χ0n) is 9.87. The molecule has 0 atom stereocenters. The van der Waals surface area contributed by atoms with E-state index in [1.165, 1.54) is 4.90 Å². The number of hydrogen-bond donors (Lipinski definition) is 1. The van der Waals surface area contributed by atoms with Crippen molar-refractivity contribution in [2.75, 3.05) is 31.5 Å². The van der Waals surface area contributed by atoms with Gasteiger partial charge in [-0.3, -0.25) is 4.90 Å². The highest BCUT2D eigenvalue weighted by atomic mass is 19.4. The summed E-state index contributed by atoms with van der Waals surface area (Å²) < 4.78 is 38.9. The quantitative estimate of drug-likeness (QED) is 0.833. The number of aromatic nitrogens is 2. The molecular formula is C11H15F3N4. The van der Waals surface area contributed by atoms with E-state index in [9.17, 15) is 13.2 Å². The number of nitrogens with one attached hydrogen (secondary N) is 1. The van der Waals surface area contributed by atoms with Gasteiger partial charge in [-0.25, -0.2) is 4.68 Å². The maximum atomic E-state index is 12.3. The van der Waals surface area contributed by atoms with Gasteiger partial charge in [-0.05, 0) is 12.8 Å². The molecule has 0 radical (unpaired) electrons. The van der Waals surface area contributed by atoms with Crippen LogP contribution < -0.4 is 5.32 Å². The summed E-state index contributed by atoms with van der Waals surface area (Å²) in [5, 5.41) is 7.55. The van der Waals surface area contributed by atoms with Crippen LogP contribution in [0.25, 0.3) is 0 Å². The van der Waals surface area contributed by atoms with Gasteiger partial charge in [0.2, 0.25) is 0 Å². The predicted octanol–water partition coefficient (Wildman–Crippen LogP) is 1.66. The molecular weight excluding hydrogens is 245 g/mol. The number of anilines is 1. The Hall–Kier alpha value is -1.24. The minimum atomic E-state index is -4.10. The Labute approximate surface area is 103 Å². The Morgan fingerprint density at radius 1 is 1.33 bits per heavy atom. The van der Waals surface area contributed by atoms with Gasteiger partial charge in [0.15, 0.2) is 0 Å². The zero-order valence-corrected chi connectivity index (χ0v) is 9.87. The minimum absolute atomic E-state index is 0.124. The molecule has 1 N–H and O–H groups in total. The van der Waals surface area contributed by atoms with Gasteiger partial charge < -0.3 is 5.32 Å². The predicted molar refractivity (Wildman–Crippen MR) is 60.4 cm³/mol. The Bertz CT molecular complexity index is 432. The highest BCUT2D eigenvalue weighted by Gasteiger charge is 2.43.